The molecule has 0 amide bonds. The maximum absolute atomic E-state index is 13.9. The van der Waals surface area contributed by atoms with Crippen LogP contribution in [0.1, 0.15) is 37.6 Å². The Morgan fingerprint density at radius 1 is 1.05 bits per heavy atom. The minimum atomic E-state index is -2.35. The molecule has 6 heteroatoms. The molecule has 0 fully saturated rings. The van der Waals surface area contributed by atoms with E-state index in [1.165, 1.54) is 12.1 Å². The van der Waals surface area contributed by atoms with E-state index in [4.69, 9.17) is 9.47 Å². The average molecular weight is 312 g/mol. The molecule has 0 N–H and O–H groups in total. The van der Waals surface area contributed by atoms with E-state index in [1.54, 1.807) is 26.8 Å². The van der Waals surface area contributed by atoms with Crippen molar-refractivity contribution in [2.24, 2.45) is 0 Å². The summed E-state index contributed by atoms with van der Waals surface area (Å²) in [6, 6.07) is 4.37. The molecule has 0 spiro atoms. The number of halogens is 1. The van der Waals surface area contributed by atoms with Crippen molar-refractivity contribution in [3.05, 3.63) is 23.8 Å². The molecule has 0 saturated heterocycles. The highest BCUT2D eigenvalue weighted by molar-refractivity contribution is 6.11. The van der Waals surface area contributed by atoms with E-state index in [9.17, 15) is 14.0 Å². The maximum atomic E-state index is 13.9. The fourth-order valence-corrected chi connectivity index (χ4v) is 1.74. The van der Waals surface area contributed by atoms with Gasteiger partial charge in [0.05, 0.1) is 19.8 Å². The number of esters is 1. The molecule has 0 aliphatic carbocycles. The van der Waals surface area contributed by atoms with Crippen molar-refractivity contribution in [2.45, 2.75) is 33.4 Å². The Hall–Kier alpha value is -2.11. The number of alkyl halides is 1. The van der Waals surface area contributed by atoms with Crippen molar-refractivity contribution in [3.63, 3.8) is 0 Å². The summed E-state index contributed by atoms with van der Waals surface area (Å²) in [5, 5.41) is 0. The minimum Gasteiger partial charge on any atom is -0.494 e. The number of carbonyl (C=O) groups excluding carboxylic acids is 2. The molecule has 1 atom stereocenters. The summed E-state index contributed by atoms with van der Waals surface area (Å²) in [5.41, 5.74) is 0.00958. The van der Waals surface area contributed by atoms with Gasteiger partial charge in [0.25, 0.3) is 6.17 Å². The third-order valence-corrected chi connectivity index (χ3v) is 2.67. The summed E-state index contributed by atoms with van der Waals surface area (Å²) in [4.78, 5) is 23.5. The van der Waals surface area contributed by atoms with Crippen LogP contribution in [-0.4, -0.2) is 37.7 Å². The minimum absolute atomic E-state index is 0.00958. The van der Waals surface area contributed by atoms with Crippen molar-refractivity contribution in [3.8, 4) is 11.5 Å². The van der Waals surface area contributed by atoms with Crippen molar-refractivity contribution in [2.75, 3.05) is 19.8 Å². The summed E-state index contributed by atoms with van der Waals surface area (Å²) in [5.74, 6) is -1.38. The van der Waals surface area contributed by atoms with Crippen LogP contribution in [0.15, 0.2) is 18.2 Å². The van der Waals surface area contributed by atoms with E-state index in [-0.39, 0.29) is 12.2 Å². The van der Waals surface area contributed by atoms with Gasteiger partial charge in [-0.3, -0.25) is 4.79 Å². The van der Waals surface area contributed by atoms with Gasteiger partial charge in [-0.25, -0.2) is 9.18 Å². The fraction of sp³-hybridized carbons (Fsp3) is 0.500. The van der Waals surface area contributed by atoms with Crippen LogP contribution >= 0.6 is 0 Å². The first-order chi connectivity index (χ1) is 10.5. The molecule has 0 heterocycles. The quantitative estimate of drug-likeness (QED) is 0.398. The van der Waals surface area contributed by atoms with Crippen LogP contribution in [0.25, 0.3) is 0 Å². The van der Waals surface area contributed by atoms with E-state index in [0.717, 1.165) is 0 Å². The SMILES string of the molecule is CCCOC(=O)C(F)C(=O)c1cc(OCC)cc(OCC)c1. The van der Waals surface area contributed by atoms with Gasteiger partial charge in [0.2, 0.25) is 5.78 Å². The van der Waals surface area contributed by atoms with E-state index in [2.05, 4.69) is 4.74 Å². The van der Waals surface area contributed by atoms with Gasteiger partial charge >= 0.3 is 5.97 Å². The Morgan fingerprint density at radius 2 is 1.59 bits per heavy atom. The van der Waals surface area contributed by atoms with Gasteiger partial charge in [-0.1, -0.05) is 6.92 Å². The standard InChI is InChI=1S/C16H21FO5/c1-4-7-22-16(19)14(17)15(18)11-8-12(20-5-2)10-13(9-11)21-6-3/h8-10,14H,4-7H2,1-3H3. The lowest BCUT2D eigenvalue weighted by atomic mass is 10.1. The zero-order valence-corrected chi connectivity index (χ0v) is 13.1. The van der Waals surface area contributed by atoms with Crippen LogP contribution in [0, 0.1) is 0 Å². The summed E-state index contributed by atoms with van der Waals surface area (Å²) in [7, 11) is 0. The Bertz CT molecular complexity index is 491. The monoisotopic (exact) mass is 312 g/mol. The number of Topliss-reactive ketones (excluding diaryl/α,β-unsaturated/α-hetero) is 1. The van der Waals surface area contributed by atoms with Gasteiger partial charge in [0.1, 0.15) is 11.5 Å². The van der Waals surface area contributed by atoms with Gasteiger partial charge in [0.15, 0.2) is 0 Å². The van der Waals surface area contributed by atoms with Crippen LogP contribution in [0.2, 0.25) is 0 Å². The highest BCUT2D eigenvalue weighted by Gasteiger charge is 2.29. The topological polar surface area (TPSA) is 61.8 Å². The number of benzene rings is 1. The second-order valence-corrected chi connectivity index (χ2v) is 4.45. The molecule has 1 rings (SSSR count). The lowest BCUT2D eigenvalue weighted by molar-refractivity contribution is -0.147. The predicted octanol–water partition coefficient (Wildman–Crippen LogP) is 2.96. The van der Waals surface area contributed by atoms with Crippen molar-refractivity contribution >= 4 is 11.8 Å². The van der Waals surface area contributed by atoms with Crippen LogP contribution in [0.4, 0.5) is 4.39 Å². The van der Waals surface area contributed by atoms with E-state index >= 15 is 0 Å². The second kappa shape index (κ2) is 9.02. The van der Waals surface area contributed by atoms with E-state index in [1.807, 2.05) is 0 Å². The Labute approximate surface area is 129 Å². The number of carbonyl (C=O) groups is 2. The van der Waals surface area contributed by atoms with E-state index in [0.29, 0.717) is 31.1 Å². The number of ether oxygens (including phenoxy) is 3. The van der Waals surface area contributed by atoms with Crippen LogP contribution < -0.4 is 9.47 Å². The zero-order valence-electron chi connectivity index (χ0n) is 13.1. The fourth-order valence-electron chi connectivity index (χ4n) is 1.74. The van der Waals surface area contributed by atoms with Gasteiger partial charge in [-0.15, -0.1) is 0 Å². The normalized spacial score (nSPS) is 11.6. The van der Waals surface area contributed by atoms with Crippen molar-refractivity contribution in [1.82, 2.24) is 0 Å². The molecule has 5 nitrogen and oxygen atoms in total. The second-order valence-electron chi connectivity index (χ2n) is 4.45. The van der Waals surface area contributed by atoms with Crippen LogP contribution in [0.3, 0.4) is 0 Å². The molecule has 122 valence electrons. The largest absolute Gasteiger partial charge is 0.494 e. The molecule has 0 aliphatic rings. The lowest BCUT2D eigenvalue weighted by Gasteiger charge is -2.12. The third-order valence-electron chi connectivity index (χ3n) is 2.67. The molecule has 0 aromatic heterocycles. The van der Waals surface area contributed by atoms with Gasteiger partial charge in [-0.2, -0.15) is 0 Å². The van der Waals surface area contributed by atoms with Crippen molar-refractivity contribution < 1.29 is 28.2 Å². The molecule has 1 unspecified atom stereocenters. The molecule has 1 aromatic rings. The Morgan fingerprint density at radius 3 is 2.05 bits per heavy atom. The molecule has 0 radical (unpaired) electrons. The summed E-state index contributed by atoms with van der Waals surface area (Å²) in [6.45, 7) is 6.21. The molecular weight excluding hydrogens is 291 g/mol. The summed E-state index contributed by atoms with van der Waals surface area (Å²) in [6.07, 6.45) is -1.79. The smallest absolute Gasteiger partial charge is 0.349 e. The summed E-state index contributed by atoms with van der Waals surface area (Å²) >= 11 is 0. The van der Waals surface area contributed by atoms with Gasteiger partial charge in [-0.05, 0) is 32.4 Å². The zero-order chi connectivity index (χ0) is 16.5. The first-order valence-corrected chi connectivity index (χ1v) is 7.29. The Kier molecular flexibility index (Phi) is 7.36. The predicted molar refractivity (Wildman–Crippen MR) is 79.3 cm³/mol. The molecule has 1 aromatic carbocycles. The third kappa shape index (κ3) is 5.02. The molecule has 22 heavy (non-hydrogen) atoms. The molecular formula is C16H21FO5. The molecule has 0 aliphatic heterocycles. The van der Waals surface area contributed by atoms with Crippen molar-refractivity contribution in [1.29, 1.82) is 0 Å². The van der Waals surface area contributed by atoms with Gasteiger partial charge < -0.3 is 14.2 Å². The maximum Gasteiger partial charge on any atom is 0.349 e. The average Bonchev–Trinajstić information content (AvgIpc) is 2.51. The highest BCUT2D eigenvalue weighted by Crippen LogP contribution is 2.24. The molecule has 0 bridgehead atoms. The van der Waals surface area contributed by atoms with E-state index < -0.39 is 17.9 Å². The lowest BCUT2D eigenvalue weighted by Crippen LogP contribution is -2.28. The number of rotatable bonds is 9. The first-order valence-electron chi connectivity index (χ1n) is 7.29. The summed E-state index contributed by atoms with van der Waals surface area (Å²) < 4.78 is 29.2. The number of hydrogen-bond donors (Lipinski definition) is 0. The highest BCUT2D eigenvalue weighted by atomic mass is 19.1. The molecule has 0 saturated carbocycles. The number of ketones is 1. The van der Waals surface area contributed by atoms with Crippen LogP contribution in [0.5, 0.6) is 11.5 Å². The number of hydrogen-bond acceptors (Lipinski definition) is 5. The van der Waals surface area contributed by atoms with Crippen LogP contribution in [-0.2, 0) is 9.53 Å². The van der Waals surface area contributed by atoms with Gasteiger partial charge in [0, 0.05) is 11.6 Å². The first kappa shape index (κ1) is 17.9. The Balaban J connectivity index is 2.97.